The summed E-state index contributed by atoms with van der Waals surface area (Å²) in [7, 11) is 0. The molecule has 0 aliphatic heterocycles. The van der Waals surface area contributed by atoms with Gasteiger partial charge in [0.1, 0.15) is 12.2 Å². The Balaban J connectivity index is 3.54. The van der Waals surface area contributed by atoms with Crippen LogP contribution < -0.4 is 5.32 Å². The molecule has 0 aliphatic carbocycles. The molecule has 0 fully saturated rings. The lowest BCUT2D eigenvalue weighted by atomic mass is 10.00. The van der Waals surface area contributed by atoms with Gasteiger partial charge < -0.3 is 25.7 Å². The Morgan fingerprint density at radius 2 is 0.758 bits per heavy atom. The molecule has 0 heterocycles. The summed E-state index contributed by atoms with van der Waals surface area (Å²) in [4.78, 5) is 12.5. The minimum atomic E-state index is -1.29. The highest BCUT2D eigenvalue weighted by Crippen LogP contribution is 2.17. The number of nitrogens with one attached hydrogen (secondary N) is 1. The van der Waals surface area contributed by atoms with Crippen molar-refractivity contribution in [2.24, 2.45) is 0 Å². The van der Waals surface area contributed by atoms with E-state index in [2.05, 4.69) is 67.8 Å². The maximum absolute atomic E-state index is 12.5. The number of carbonyl (C=O) groups excluding carboxylic acids is 1. The number of allylic oxidation sites excluding steroid dienone is 8. The highest BCUT2D eigenvalue weighted by Gasteiger charge is 2.28. The van der Waals surface area contributed by atoms with Crippen LogP contribution in [0.5, 0.6) is 0 Å². The fraction of sp³-hybridized carbons (Fsp3) is 0.839. The molecule has 5 N–H and O–H groups in total. The summed E-state index contributed by atoms with van der Waals surface area (Å²) in [6, 6.07) is -1.01. The van der Waals surface area contributed by atoms with Crippen molar-refractivity contribution in [3.8, 4) is 0 Å². The van der Waals surface area contributed by atoms with Gasteiger partial charge in [-0.25, -0.2) is 0 Å². The molecule has 6 nitrogen and oxygen atoms in total. The molecule has 0 rings (SSSR count). The van der Waals surface area contributed by atoms with Gasteiger partial charge in [-0.15, -0.1) is 0 Å². The second kappa shape index (κ2) is 50.3. The van der Waals surface area contributed by atoms with Gasteiger partial charge in [-0.3, -0.25) is 4.79 Å². The summed E-state index contributed by atoms with van der Waals surface area (Å²) in [5, 5.41) is 43.6. The molecule has 0 aromatic carbocycles. The number of rotatable bonds is 49. The topological polar surface area (TPSA) is 110 Å². The number of amides is 1. The summed E-state index contributed by atoms with van der Waals surface area (Å²) < 4.78 is 0. The zero-order valence-electron chi connectivity index (χ0n) is 41.1. The fourth-order valence-electron chi connectivity index (χ4n) is 8.22. The summed E-state index contributed by atoms with van der Waals surface area (Å²) in [5.74, 6) is -0.599. The van der Waals surface area contributed by atoms with E-state index in [1.807, 2.05) is 0 Å². The number of aliphatic hydroxyl groups excluding tert-OH is 4. The van der Waals surface area contributed by atoms with Crippen molar-refractivity contribution >= 4 is 5.91 Å². The number of unbranched alkanes of at least 4 members (excludes halogenated alkanes) is 32. The molecular weight excluding hydrogens is 767 g/mol. The van der Waals surface area contributed by atoms with Gasteiger partial charge in [0.15, 0.2) is 0 Å². The van der Waals surface area contributed by atoms with Crippen LogP contribution in [-0.4, -0.2) is 57.3 Å². The molecule has 4 atom stereocenters. The van der Waals surface area contributed by atoms with Gasteiger partial charge in [0.05, 0.1) is 18.8 Å². The standard InChI is InChI=1S/C56H105NO5/c1-3-5-7-9-11-13-15-16-17-18-19-20-21-22-23-24-25-26-27-28-29-30-31-32-33-34-35-36-37-38-39-40-42-44-46-48-50-54(60)56(62)57-52(51-58)55(61)53(59)49-47-45-43-41-14-12-10-8-6-4-2/h8,10,23-24,26-27,41,43,52-55,58-61H,3-7,9,11-22,25,28-40,42,44-51H2,1-2H3,(H,57,62)/b10-8+,24-23-,27-26-,43-41+. The zero-order valence-corrected chi connectivity index (χ0v) is 41.1. The minimum absolute atomic E-state index is 0.359. The molecule has 1 amide bonds. The van der Waals surface area contributed by atoms with Crippen molar-refractivity contribution in [1.29, 1.82) is 0 Å². The van der Waals surface area contributed by atoms with Crippen LogP contribution in [0.2, 0.25) is 0 Å². The van der Waals surface area contributed by atoms with Crippen LogP contribution in [-0.2, 0) is 4.79 Å². The van der Waals surface area contributed by atoms with Crippen LogP contribution in [0.1, 0.15) is 271 Å². The molecule has 6 heteroatoms. The van der Waals surface area contributed by atoms with Gasteiger partial charge in [-0.2, -0.15) is 0 Å². The fourth-order valence-corrected chi connectivity index (χ4v) is 8.22. The molecular formula is C56H105NO5. The van der Waals surface area contributed by atoms with Gasteiger partial charge in [0.25, 0.3) is 0 Å². The van der Waals surface area contributed by atoms with Crippen molar-refractivity contribution in [3.05, 3.63) is 48.6 Å². The first-order chi connectivity index (χ1) is 30.5. The Labute approximate surface area is 385 Å². The van der Waals surface area contributed by atoms with Crippen molar-refractivity contribution < 1.29 is 25.2 Å². The molecule has 0 aromatic rings. The first kappa shape index (κ1) is 60.3. The second-order valence-electron chi connectivity index (χ2n) is 18.6. The predicted octanol–water partition coefficient (Wildman–Crippen LogP) is 15.4. The predicted molar refractivity (Wildman–Crippen MR) is 270 cm³/mol. The Kier molecular flexibility index (Phi) is 48.9. The molecule has 0 bridgehead atoms. The maximum atomic E-state index is 12.5. The first-order valence-corrected chi connectivity index (χ1v) is 27.0. The number of carbonyl (C=O) groups is 1. The van der Waals surface area contributed by atoms with Gasteiger partial charge in [-0.1, -0.05) is 242 Å². The number of hydrogen-bond acceptors (Lipinski definition) is 5. The van der Waals surface area contributed by atoms with E-state index in [1.54, 1.807) is 0 Å². The van der Waals surface area contributed by atoms with E-state index in [4.69, 9.17) is 0 Å². The highest BCUT2D eigenvalue weighted by molar-refractivity contribution is 5.80. The van der Waals surface area contributed by atoms with Crippen LogP contribution in [0.25, 0.3) is 0 Å². The third-order valence-corrected chi connectivity index (χ3v) is 12.5. The van der Waals surface area contributed by atoms with Crippen LogP contribution in [0, 0.1) is 0 Å². The Morgan fingerprint density at radius 3 is 1.18 bits per heavy atom. The van der Waals surface area contributed by atoms with E-state index < -0.39 is 36.9 Å². The molecule has 62 heavy (non-hydrogen) atoms. The summed E-state index contributed by atoms with van der Waals surface area (Å²) in [5.41, 5.74) is 0. The monoisotopic (exact) mass is 872 g/mol. The summed E-state index contributed by atoms with van der Waals surface area (Å²) in [6.45, 7) is 3.96. The van der Waals surface area contributed by atoms with Crippen molar-refractivity contribution in [1.82, 2.24) is 5.32 Å². The lowest BCUT2D eigenvalue weighted by Crippen LogP contribution is -2.53. The third kappa shape index (κ3) is 43.5. The van der Waals surface area contributed by atoms with Gasteiger partial charge >= 0.3 is 0 Å². The van der Waals surface area contributed by atoms with E-state index in [1.165, 1.54) is 186 Å². The van der Waals surface area contributed by atoms with Crippen molar-refractivity contribution in [3.63, 3.8) is 0 Å². The lowest BCUT2D eigenvalue weighted by molar-refractivity contribution is -0.132. The molecule has 0 aromatic heterocycles. The van der Waals surface area contributed by atoms with Crippen molar-refractivity contribution in [2.75, 3.05) is 6.61 Å². The van der Waals surface area contributed by atoms with Crippen molar-refractivity contribution in [2.45, 2.75) is 295 Å². The normalized spacial score (nSPS) is 14.2. The highest BCUT2D eigenvalue weighted by atomic mass is 16.3. The quantitative estimate of drug-likeness (QED) is 0.0309. The summed E-state index contributed by atoms with van der Waals surface area (Å²) in [6.07, 6.45) is 63.5. The molecule has 0 saturated carbocycles. The average molecular weight is 872 g/mol. The van der Waals surface area contributed by atoms with E-state index in [-0.39, 0.29) is 0 Å². The largest absolute Gasteiger partial charge is 0.394 e. The molecule has 364 valence electrons. The molecule has 4 unspecified atom stereocenters. The lowest BCUT2D eigenvalue weighted by Gasteiger charge is -2.27. The van der Waals surface area contributed by atoms with Gasteiger partial charge in [0.2, 0.25) is 5.91 Å². The maximum Gasteiger partial charge on any atom is 0.249 e. The van der Waals surface area contributed by atoms with E-state index in [0.29, 0.717) is 19.3 Å². The number of aliphatic hydroxyl groups is 4. The van der Waals surface area contributed by atoms with E-state index >= 15 is 0 Å². The van der Waals surface area contributed by atoms with Crippen LogP contribution in [0.4, 0.5) is 0 Å². The van der Waals surface area contributed by atoms with Crippen LogP contribution in [0.15, 0.2) is 48.6 Å². The molecule has 0 aliphatic rings. The minimum Gasteiger partial charge on any atom is -0.394 e. The molecule has 0 radical (unpaired) electrons. The Hall–Kier alpha value is -1.73. The zero-order chi connectivity index (χ0) is 45.2. The third-order valence-electron chi connectivity index (χ3n) is 12.5. The average Bonchev–Trinajstić information content (AvgIpc) is 3.28. The molecule has 0 spiro atoms. The number of hydrogen-bond donors (Lipinski definition) is 5. The van der Waals surface area contributed by atoms with Gasteiger partial charge in [-0.05, 0) is 77.0 Å². The van der Waals surface area contributed by atoms with Crippen LogP contribution >= 0.6 is 0 Å². The van der Waals surface area contributed by atoms with Crippen LogP contribution in [0.3, 0.4) is 0 Å². The first-order valence-electron chi connectivity index (χ1n) is 27.0. The Morgan fingerprint density at radius 1 is 0.403 bits per heavy atom. The smallest absolute Gasteiger partial charge is 0.249 e. The molecule has 0 saturated heterocycles. The van der Waals surface area contributed by atoms with E-state index in [9.17, 15) is 25.2 Å². The van der Waals surface area contributed by atoms with E-state index in [0.717, 1.165) is 51.4 Å². The van der Waals surface area contributed by atoms with Gasteiger partial charge in [0, 0.05) is 0 Å². The SMILES string of the molecule is CCC/C=C/CC/C=C/CCCC(O)C(O)C(CO)NC(=O)C(O)CCCCCCCCCCCCCCCCCC/C=C\C/C=C\CCCCCCCCCCCCCCC. The second-order valence-corrected chi connectivity index (χ2v) is 18.6. The Bertz CT molecular complexity index is 1020. The summed E-state index contributed by atoms with van der Waals surface area (Å²) >= 11 is 0.